The van der Waals surface area contributed by atoms with E-state index in [2.05, 4.69) is 15.3 Å². The number of halogens is 2. The number of nitrogen functional groups attached to an aromatic ring is 1. The van der Waals surface area contributed by atoms with Gasteiger partial charge in [0.1, 0.15) is 11.0 Å². The van der Waals surface area contributed by atoms with Gasteiger partial charge in [-0.2, -0.15) is 4.98 Å². The molecule has 0 fully saturated rings. The number of benzene rings is 1. The Morgan fingerprint density at radius 3 is 2.85 bits per heavy atom. The first-order valence-corrected chi connectivity index (χ1v) is 5.82. The highest BCUT2D eigenvalue weighted by atomic mass is 35.5. The number of anilines is 2. The van der Waals surface area contributed by atoms with Crippen LogP contribution >= 0.6 is 11.6 Å². The van der Waals surface area contributed by atoms with E-state index in [1.54, 1.807) is 0 Å². The molecule has 1 heterocycles. The predicted octanol–water partition coefficient (Wildman–Crippen LogP) is 2.11. The second-order valence-electron chi connectivity index (χ2n) is 3.75. The molecule has 2 rings (SSSR count). The molecular weight excluding hydrogens is 287 g/mol. The lowest BCUT2D eigenvalue weighted by Gasteiger charge is -2.07. The zero-order valence-corrected chi connectivity index (χ0v) is 11.1. The Hall–Kier alpha value is -2.41. The van der Waals surface area contributed by atoms with Gasteiger partial charge in [0.2, 0.25) is 11.8 Å². The fraction of sp³-hybridized carbons (Fsp3) is 0.0833. The maximum Gasteiger partial charge on any atom is 0.261 e. The molecule has 3 N–H and O–H groups in total. The van der Waals surface area contributed by atoms with Gasteiger partial charge in [-0.25, -0.2) is 9.37 Å². The minimum Gasteiger partial charge on any atom is -0.481 e. The number of ether oxygens (including phenoxy) is 1. The second kappa shape index (κ2) is 5.70. The number of nitrogens with zero attached hydrogens (tertiary/aromatic N) is 2. The van der Waals surface area contributed by atoms with Crippen LogP contribution in [0.25, 0.3) is 0 Å². The summed E-state index contributed by atoms with van der Waals surface area (Å²) in [6, 6.07) is 5.04. The molecule has 8 heteroatoms. The molecule has 2 aromatic rings. The molecule has 0 unspecified atom stereocenters. The molecule has 104 valence electrons. The maximum atomic E-state index is 13.5. The van der Waals surface area contributed by atoms with Crippen molar-refractivity contribution in [1.29, 1.82) is 0 Å². The van der Waals surface area contributed by atoms with Crippen molar-refractivity contribution >= 4 is 29.1 Å². The van der Waals surface area contributed by atoms with Crippen molar-refractivity contribution in [2.24, 2.45) is 0 Å². The Morgan fingerprint density at radius 2 is 2.15 bits per heavy atom. The van der Waals surface area contributed by atoms with E-state index in [-0.39, 0.29) is 28.2 Å². The van der Waals surface area contributed by atoms with Crippen LogP contribution in [0.3, 0.4) is 0 Å². The highest BCUT2D eigenvalue weighted by molar-refractivity contribution is 6.29. The van der Waals surface area contributed by atoms with Crippen LogP contribution in [-0.4, -0.2) is 23.0 Å². The summed E-state index contributed by atoms with van der Waals surface area (Å²) in [4.78, 5) is 19.6. The third kappa shape index (κ3) is 3.12. The first-order chi connectivity index (χ1) is 9.49. The topological polar surface area (TPSA) is 90.1 Å². The molecule has 0 spiro atoms. The lowest BCUT2D eigenvalue weighted by Crippen LogP contribution is -2.16. The molecule has 0 bridgehead atoms. The summed E-state index contributed by atoms with van der Waals surface area (Å²) < 4.78 is 18.4. The van der Waals surface area contributed by atoms with Crippen LogP contribution in [0.4, 0.5) is 16.0 Å². The lowest BCUT2D eigenvalue weighted by atomic mass is 10.2. The summed E-state index contributed by atoms with van der Waals surface area (Å²) in [5.41, 5.74) is 5.56. The Morgan fingerprint density at radius 1 is 1.40 bits per heavy atom. The molecule has 20 heavy (non-hydrogen) atoms. The van der Waals surface area contributed by atoms with Crippen molar-refractivity contribution in [3.05, 3.63) is 40.8 Å². The normalized spacial score (nSPS) is 10.2. The number of methoxy groups -OCH3 is 1. The Bertz CT molecular complexity index is 666. The number of amides is 1. The summed E-state index contributed by atoms with van der Waals surface area (Å²) in [6.07, 6.45) is 0. The van der Waals surface area contributed by atoms with E-state index in [9.17, 15) is 9.18 Å². The van der Waals surface area contributed by atoms with Crippen molar-refractivity contribution in [3.8, 4) is 5.88 Å². The minimum absolute atomic E-state index is 0.0835. The van der Waals surface area contributed by atoms with E-state index in [0.29, 0.717) is 0 Å². The zero-order chi connectivity index (χ0) is 14.7. The van der Waals surface area contributed by atoms with Gasteiger partial charge in [0, 0.05) is 11.8 Å². The quantitative estimate of drug-likeness (QED) is 0.669. The van der Waals surface area contributed by atoms with E-state index in [1.165, 1.54) is 25.3 Å². The van der Waals surface area contributed by atoms with Crippen LogP contribution in [-0.2, 0) is 0 Å². The standard InChI is InChI=1S/C12H10ClFN4O2/c1-20-10-5-9(13)16-12(17-10)18-11(19)7-4-6(15)2-3-8(7)14/h2-5H,15H2,1H3,(H,16,17,18,19). The molecule has 1 amide bonds. The fourth-order valence-corrected chi connectivity index (χ4v) is 1.62. The summed E-state index contributed by atoms with van der Waals surface area (Å²) in [5.74, 6) is -1.36. The van der Waals surface area contributed by atoms with Crippen molar-refractivity contribution in [3.63, 3.8) is 0 Å². The van der Waals surface area contributed by atoms with Gasteiger partial charge in [0.15, 0.2) is 0 Å². The molecule has 0 aliphatic carbocycles. The zero-order valence-electron chi connectivity index (χ0n) is 10.4. The van der Waals surface area contributed by atoms with Crippen molar-refractivity contribution in [2.45, 2.75) is 0 Å². The van der Waals surface area contributed by atoms with E-state index in [4.69, 9.17) is 22.1 Å². The highest BCUT2D eigenvalue weighted by Crippen LogP contribution is 2.17. The van der Waals surface area contributed by atoms with Gasteiger partial charge >= 0.3 is 0 Å². The highest BCUT2D eigenvalue weighted by Gasteiger charge is 2.14. The Kier molecular flexibility index (Phi) is 3.99. The van der Waals surface area contributed by atoms with Gasteiger partial charge in [-0.05, 0) is 18.2 Å². The van der Waals surface area contributed by atoms with Gasteiger partial charge in [-0.3, -0.25) is 10.1 Å². The maximum absolute atomic E-state index is 13.5. The number of carbonyl (C=O) groups excluding carboxylic acids is 1. The molecule has 0 radical (unpaired) electrons. The average molecular weight is 297 g/mol. The van der Waals surface area contributed by atoms with E-state index in [0.717, 1.165) is 6.07 Å². The van der Waals surface area contributed by atoms with Gasteiger partial charge in [-0.1, -0.05) is 11.6 Å². The SMILES string of the molecule is COc1cc(Cl)nc(NC(=O)c2cc(N)ccc2F)n1. The number of rotatable bonds is 3. The minimum atomic E-state index is -0.737. The molecule has 0 aliphatic heterocycles. The third-order valence-corrected chi connectivity index (χ3v) is 2.53. The molecule has 0 aliphatic rings. The number of nitrogens with two attached hydrogens (primary N) is 1. The lowest BCUT2D eigenvalue weighted by molar-refractivity contribution is 0.102. The molecule has 6 nitrogen and oxygen atoms in total. The van der Waals surface area contributed by atoms with E-state index < -0.39 is 11.7 Å². The van der Waals surface area contributed by atoms with E-state index >= 15 is 0 Å². The summed E-state index contributed by atoms with van der Waals surface area (Å²) in [6.45, 7) is 0. The largest absolute Gasteiger partial charge is 0.481 e. The first-order valence-electron chi connectivity index (χ1n) is 5.44. The van der Waals surface area contributed by atoms with Crippen LogP contribution in [0, 0.1) is 5.82 Å². The number of carbonyl (C=O) groups is 1. The molecule has 0 atom stereocenters. The van der Waals surface area contributed by atoms with Gasteiger partial charge in [0.05, 0.1) is 12.7 Å². The summed E-state index contributed by atoms with van der Waals surface area (Å²) in [7, 11) is 1.39. The second-order valence-corrected chi connectivity index (χ2v) is 4.14. The van der Waals surface area contributed by atoms with Crippen LogP contribution in [0.1, 0.15) is 10.4 Å². The van der Waals surface area contributed by atoms with Gasteiger partial charge in [0.25, 0.3) is 5.91 Å². The van der Waals surface area contributed by atoms with Crippen molar-refractivity contribution in [2.75, 3.05) is 18.2 Å². The fourth-order valence-electron chi connectivity index (χ4n) is 1.44. The molecule has 1 aromatic heterocycles. The van der Waals surface area contributed by atoms with Crippen LogP contribution in [0.15, 0.2) is 24.3 Å². The summed E-state index contributed by atoms with van der Waals surface area (Å²) >= 11 is 5.74. The van der Waals surface area contributed by atoms with Crippen molar-refractivity contribution in [1.82, 2.24) is 9.97 Å². The summed E-state index contributed by atoms with van der Waals surface area (Å²) in [5, 5.41) is 2.40. The average Bonchev–Trinajstić information content (AvgIpc) is 2.40. The van der Waals surface area contributed by atoms with E-state index in [1.807, 2.05) is 0 Å². The first kappa shape index (κ1) is 14.0. The predicted molar refractivity (Wildman–Crippen MR) is 72.4 cm³/mol. The van der Waals surface area contributed by atoms with Crippen LogP contribution in [0.2, 0.25) is 5.15 Å². The van der Waals surface area contributed by atoms with Crippen LogP contribution < -0.4 is 15.8 Å². The van der Waals surface area contributed by atoms with Crippen molar-refractivity contribution < 1.29 is 13.9 Å². The van der Waals surface area contributed by atoms with Gasteiger partial charge in [-0.15, -0.1) is 0 Å². The Labute approximate surface area is 118 Å². The number of nitrogens with one attached hydrogen (secondary N) is 1. The molecule has 0 saturated carbocycles. The molecular formula is C12H10ClFN4O2. The number of hydrogen-bond acceptors (Lipinski definition) is 5. The molecule has 1 aromatic carbocycles. The smallest absolute Gasteiger partial charge is 0.261 e. The molecule has 0 saturated heterocycles. The number of aromatic nitrogens is 2. The van der Waals surface area contributed by atoms with Crippen LogP contribution in [0.5, 0.6) is 5.88 Å². The third-order valence-electron chi connectivity index (χ3n) is 2.34. The van der Waals surface area contributed by atoms with Gasteiger partial charge < -0.3 is 10.5 Å². The monoisotopic (exact) mass is 296 g/mol. The Balaban J connectivity index is 2.27. The number of hydrogen-bond donors (Lipinski definition) is 2.